The van der Waals surface area contributed by atoms with Gasteiger partial charge in [-0.2, -0.15) is 0 Å². The predicted molar refractivity (Wildman–Crippen MR) is 72.8 cm³/mol. The minimum absolute atomic E-state index is 0.624. The fourth-order valence-corrected chi connectivity index (χ4v) is 1.91. The zero-order valence-corrected chi connectivity index (χ0v) is 11.5. The minimum atomic E-state index is 0.624. The lowest BCUT2D eigenvalue weighted by molar-refractivity contribution is 0.234. The number of nitrogens with zero attached hydrogens (tertiary/aromatic N) is 2. The third kappa shape index (κ3) is 4.84. The molecular formula is C14H25N3. The van der Waals surface area contributed by atoms with Gasteiger partial charge in [-0.05, 0) is 39.1 Å². The van der Waals surface area contributed by atoms with Gasteiger partial charge >= 0.3 is 0 Å². The normalized spacial score (nSPS) is 13.0. The summed E-state index contributed by atoms with van der Waals surface area (Å²) in [7, 11) is 4.12. The van der Waals surface area contributed by atoms with E-state index in [1.807, 2.05) is 13.2 Å². The molecule has 0 saturated heterocycles. The first-order valence-corrected chi connectivity index (χ1v) is 6.46. The summed E-state index contributed by atoms with van der Waals surface area (Å²) >= 11 is 0. The minimum Gasteiger partial charge on any atom is -0.316 e. The van der Waals surface area contributed by atoms with Gasteiger partial charge in [-0.25, -0.2) is 0 Å². The Hall–Kier alpha value is -0.930. The van der Waals surface area contributed by atoms with Gasteiger partial charge in [-0.3, -0.25) is 9.88 Å². The Kier molecular flexibility index (Phi) is 6.16. The molecule has 1 rings (SSSR count). The van der Waals surface area contributed by atoms with Crippen molar-refractivity contribution >= 4 is 0 Å². The number of nitrogens with one attached hydrogen (secondary N) is 1. The first-order valence-electron chi connectivity index (χ1n) is 6.46. The van der Waals surface area contributed by atoms with Crippen LogP contribution in [0.4, 0.5) is 0 Å². The van der Waals surface area contributed by atoms with Gasteiger partial charge < -0.3 is 5.32 Å². The summed E-state index contributed by atoms with van der Waals surface area (Å²) in [6, 6.07) is 4.90. The van der Waals surface area contributed by atoms with Gasteiger partial charge in [0.1, 0.15) is 0 Å². The molecular weight excluding hydrogens is 210 g/mol. The summed E-state index contributed by atoms with van der Waals surface area (Å²) in [6.07, 6.45) is 4.44. The molecule has 0 saturated carbocycles. The molecule has 17 heavy (non-hydrogen) atoms. The fourth-order valence-electron chi connectivity index (χ4n) is 1.91. The zero-order valence-electron chi connectivity index (χ0n) is 11.5. The SMILES string of the molecule is CCCC(C)N(C)Cc1ccc(CNC)cn1. The molecule has 0 radical (unpaired) electrons. The molecule has 1 heterocycles. The van der Waals surface area contributed by atoms with Crippen LogP contribution >= 0.6 is 0 Å². The standard InChI is InChI=1S/C14H25N3/c1-5-6-12(2)17(4)11-14-8-7-13(9-15-3)10-16-14/h7-8,10,12,15H,5-6,9,11H2,1-4H3. The Morgan fingerprint density at radius 3 is 2.71 bits per heavy atom. The van der Waals surface area contributed by atoms with E-state index in [0.29, 0.717) is 6.04 Å². The van der Waals surface area contributed by atoms with Crippen molar-refractivity contribution in [3.8, 4) is 0 Å². The highest BCUT2D eigenvalue weighted by Gasteiger charge is 2.08. The number of pyridine rings is 1. The second-order valence-corrected chi connectivity index (χ2v) is 4.74. The van der Waals surface area contributed by atoms with Gasteiger partial charge in [0.2, 0.25) is 0 Å². The monoisotopic (exact) mass is 235 g/mol. The number of aromatic nitrogens is 1. The summed E-state index contributed by atoms with van der Waals surface area (Å²) in [5, 5.41) is 3.13. The number of rotatable bonds is 7. The van der Waals surface area contributed by atoms with Crippen molar-refractivity contribution in [1.82, 2.24) is 15.2 Å². The third-order valence-electron chi connectivity index (χ3n) is 3.14. The van der Waals surface area contributed by atoms with Crippen molar-refractivity contribution in [3.05, 3.63) is 29.6 Å². The molecule has 0 fully saturated rings. The second-order valence-electron chi connectivity index (χ2n) is 4.74. The molecule has 0 aliphatic heterocycles. The first-order chi connectivity index (χ1) is 8.17. The van der Waals surface area contributed by atoms with Gasteiger partial charge in [0.25, 0.3) is 0 Å². The fraction of sp³-hybridized carbons (Fsp3) is 0.643. The molecule has 0 amide bonds. The molecule has 1 aromatic heterocycles. The summed E-state index contributed by atoms with van der Waals surface area (Å²) in [4.78, 5) is 6.86. The molecule has 3 heteroatoms. The van der Waals surface area contributed by atoms with Gasteiger partial charge in [0, 0.05) is 25.3 Å². The Labute approximate surface area is 105 Å². The van der Waals surface area contributed by atoms with Crippen LogP contribution in [0.1, 0.15) is 37.9 Å². The summed E-state index contributed by atoms with van der Waals surface area (Å²) in [5.74, 6) is 0. The van der Waals surface area contributed by atoms with E-state index in [4.69, 9.17) is 0 Å². The maximum absolute atomic E-state index is 4.50. The van der Waals surface area contributed by atoms with E-state index in [1.165, 1.54) is 18.4 Å². The van der Waals surface area contributed by atoms with Crippen LogP contribution < -0.4 is 5.32 Å². The Morgan fingerprint density at radius 1 is 1.41 bits per heavy atom. The lowest BCUT2D eigenvalue weighted by Gasteiger charge is -2.23. The van der Waals surface area contributed by atoms with E-state index in [2.05, 4.69) is 48.2 Å². The highest BCUT2D eigenvalue weighted by Crippen LogP contribution is 2.09. The molecule has 1 atom stereocenters. The highest BCUT2D eigenvalue weighted by atomic mass is 15.1. The van der Waals surface area contributed by atoms with Gasteiger partial charge in [0.05, 0.1) is 5.69 Å². The average molecular weight is 235 g/mol. The van der Waals surface area contributed by atoms with Crippen LogP contribution in [-0.4, -0.2) is 30.0 Å². The molecule has 0 aliphatic carbocycles. The maximum atomic E-state index is 4.50. The highest BCUT2D eigenvalue weighted by molar-refractivity contribution is 5.13. The van der Waals surface area contributed by atoms with Crippen LogP contribution in [0.15, 0.2) is 18.3 Å². The molecule has 0 aromatic carbocycles. The van der Waals surface area contributed by atoms with Gasteiger partial charge in [-0.15, -0.1) is 0 Å². The van der Waals surface area contributed by atoms with Gasteiger partial charge in [0.15, 0.2) is 0 Å². The summed E-state index contributed by atoms with van der Waals surface area (Å²) in [5.41, 5.74) is 2.39. The van der Waals surface area contributed by atoms with Crippen molar-refractivity contribution in [2.75, 3.05) is 14.1 Å². The second kappa shape index (κ2) is 7.41. The van der Waals surface area contributed by atoms with Crippen LogP contribution in [0.25, 0.3) is 0 Å². The number of hydrogen-bond donors (Lipinski definition) is 1. The topological polar surface area (TPSA) is 28.2 Å². The van der Waals surface area contributed by atoms with E-state index < -0.39 is 0 Å². The summed E-state index contributed by atoms with van der Waals surface area (Å²) in [6.45, 7) is 6.32. The van der Waals surface area contributed by atoms with Crippen molar-refractivity contribution in [2.24, 2.45) is 0 Å². The van der Waals surface area contributed by atoms with Crippen LogP contribution in [0, 0.1) is 0 Å². The van der Waals surface area contributed by atoms with Crippen LogP contribution in [-0.2, 0) is 13.1 Å². The Morgan fingerprint density at radius 2 is 2.18 bits per heavy atom. The zero-order chi connectivity index (χ0) is 12.7. The molecule has 1 N–H and O–H groups in total. The molecule has 1 unspecified atom stereocenters. The van der Waals surface area contributed by atoms with Crippen molar-refractivity contribution < 1.29 is 0 Å². The summed E-state index contributed by atoms with van der Waals surface area (Å²) < 4.78 is 0. The molecule has 0 bridgehead atoms. The van der Waals surface area contributed by atoms with Crippen molar-refractivity contribution in [2.45, 2.75) is 45.8 Å². The molecule has 3 nitrogen and oxygen atoms in total. The Balaban J connectivity index is 2.50. The molecule has 0 spiro atoms. The smallest absolute Gasteiger partial charge is 0.0544 e. The van der Waals surface area contributed by atoms with E-state index in [1.54, 1.807) is 0 Å². The Bertz CT molecular complexity index is 308. The quantitative estimate of drug-likeness (QED) is 0.786. The largest absolute Gasteiger partial charge is 0.316 e. The molecule has 96 valence electrons. The van der Waals surface area contributed by atoms with Crippen molar-refractivity contribution in [3.63, 3.8) is 0 Å². The molecule has 1 aromatic rings. The van der Waals surface area contributed by atoms with E-state index in [-0.39, 0.29) is 0 Å². The first kappa shape index (κ1) is 14.1. The van der Waals surface area contributed by atoms with E-state index in [9.17, 15) is 0 Å². The van der Waals surface area contributed by atoms with Gasteiger partial charge in [-0.1, -0.05) is 19.4 Å². The van der Waals surface area contributed by atoms with Crippen LogP contribution in [0.5, 0.6) is 0 Å². The van der Waals surface area contributed by atoms with Crippen molar-refractivity contribution in [1.29, 1.82) is 0 Å². The van der Waals surface area contributed by atoms with Crippen LogP contribution in [0.2, 0.25) is 0 Å². The predicted octanol–water partition coefficient (Wildman–Crippen LogP) is 2.42. The maximum Gasteiger partial charge on any atom is 0.0544 e. The van der Waals surface area contributed by atoms with E-state index in [0.717, 1.165) is 18.8 Å². The van der Waals surface area contributed by atoms with E-state index >= 15 is 0 Å². The number of hydrogen-bond acceptors (Lipinski definition) is 3. The van der Waals surface area contributed by atoms with Crippen LogP contribution in [0.3, 0.4) is 0 Å². The molecule has 0 aliphatic rings. The third-order valence-corrected chi connectivity index (χ3v) is 3.14. The lowest BCUT2D eigenvalue weighted by Crippen LogP contribution is -2.28. The lowest BCUT2D eigenvalue weighted by atomic mass is 10.1. The average Bonchev–Trinajstić information content (AvgIpc) is 2.32.